The Morgan fingerprint density at radius 3 is 1.97 bits per heavy atom. The number of thioether (sulfide) groups is 2. The van der Waals surface area contributed by atoms with Crippen molar-refractivity contribution in [2.24, 2.45) is 5.92 Å². The van der Waals surface area contributed by atoms with Gasteiger partial charge in [-0.15, -0.1) is 30.1 Å². The minimum atomic E-state index is 0.942. The number of hydrogen-bond acceptors (Lipinski definition) is 10. The third kappa shape index (κ3) is 9.86. The number of aromatic nitrogens is 4. The molecule has 0 unspecified atom stereocenters. The number of unbranched alkanes of at least 4 members (excludes halogenated alkanes) is 4. The van der Waals surface area contributed by atoms with Crippen LogP contribution in [0.5, 0.6) is 0 Å². The smallest absolute Gasteiger partial charge is 0.138 e. The summed E-state index contributed by atoms with van der Waals surface area (Å²) < 4.78 is 17.9. The van der Waals surface area contributed by atoms with Crippen molar-refractivity contribution >= 4 is 58.1 Å². The Hall–Kier alpha value is -1.04. The second-order valence-corrected chi connectivity index (χ2v) is 13.6. The van der Waals surface area contributed by atoms with Crippen LogP contribution < -0.4 is 0 Å². The Bertz CT molecular complexity index is 1060. The van der Waals surface area contributed by atoms with Gasteiger partial charge in [-0.25, -0.2) is 0 Å². The number of allylic oxidation sites excluding steroid dienone is 1. The van der Waals surface area contributed by atoms with E-state index in [4.69, 9.17) is 0 Å². The van der Waals surface area contributed by atoms with Gasteiger partial charge in [-0.2, -0.15) is 17.5 Å². The first-order valence-corrected chi connectivity index (χ1v) is 17.3. The SMILES string of the molecule is C=CCCCCCCSc1nsnc1C1=CCCN(C)C1.CN1CCC=C(c2nsnc2SCC2CC2)C1. The van der Waals surface area contributed by atoms with Crippen LogP contribution in [0.3, 0.4) is 0 Å². The number of nitrogens with zero attached hydrogens (tertiary/aromatic N) is 6. The second kappa shape index (κ2) is 16.3. The summed E-state index contributed by atoms with van der Waals surface area (Å²) in [5.41, 5.74) is 4.99. The highest BCUT2D eigenvalue weighted by atomic mass is 32.2. The van der Waals surface area contributed by atoms with Gasteiger partial charge in [0, 0.05) is 31.9 Å². The third-order valence-electron chi connectivity index (χ3n) is 6.90. The van der Waals surface area contributed by atoms with Crippen molar-refractivity contribution in [1.82, 2.24) is 27.3 Å². The van der Waals surface area contributed by atoms with Crippen LogP contribution in [0.15, 0.2) is 34.9 Å². The molecule has 0 amide bonds. The molecule has 1 saturated carbocycles. The highest BCUT2D eigenvalue weighted by Crippen LogP contribution is 2.37. The average Bonchev–Trinajstić information content (AvgIpc) is 3.42. The maximum Gasteiger partial charge on any atom is 0.138 e. The molecule has 1 aliphatic carbocycles. The molecule has 10 heteroatoms. The van der Waals surface area contributed by atoms with E-state index in [-0.39, 0.29) is 0 Å². The monoisotopic (exact) mass is 590 g/mol. The van der Waals surface area contributed by atoms with Gasteiger partial charge in [-0.3, -0.25) is 0 Å². The summed E-state index contributed by atoms with van der Waals surface area (Å²) in [7, 11) is 4.34. The molecule has 0 aromatic carbocycles. The minimum absolute atomic E-state index is 0.942. The fraction of sp³-hybridized carbons (Fsp3) is 0.643. The number of likely N-dealkylation sites (N-methyl/N-ethyl adjacent to an activating group) is 2. The van der Waals surface area contributed by atoms with E-state index in [2.05, 4.69) is 60.1 Å². The van der Waals surface area contributed by atoms with Crippen LogP contribution in [0.25, 0.3) is 11.1 Å². The molecule has 0 radical (unpaired) electrons. The normalized spacial score (nSPS) is 18.5. The summed E-state index contributed by atoms with van der Waals surface area (Å²) in [6, 6.07) is 0. The molecule has 6 nitrogen and oxygen atoms in total. The van der Waals surface area contributed by atoms with E-state index in [1.165, 1.54) is 78.9 Å². The maximum atomic E-state index is 4.52. The summed E-state index contributed by atoms with van der Waals surface area (Å²) in [6.45, 7) is 8.08. The standard InChI is InChI=1S/C16H25N3S2.C12H17N3S2/c1-3-4-5-6-7-8-12-20-16-15(17-21-18-16)14-10-9-11-19(2)13-14;1-15-6-2-3-10(7-15)11-12(14-17-13-11)16-8-9-4-5-9/h3,10H,1,4-9,11-13H2,2H3;3,9H,2,4-8H2,1H3. The topological polar surface area (TPSA) is 58.0 Å². The van der Waals surface area contributed by atoms with Gasteiger partial charge in [0.2, 0.25) is 0 Å². The third-order valence-corrected chi connectivity index (χ3v) is 10.4. The largest absolute Gasteiger partial charge is 0.302 e. The summed E-state index contributed by atoms with van der Waals surface area (Å²) in [5.74, 6) is 3.31. The summed E-state index contributed by atoms with van der Waals surface area (Å²) in [4.78, 5) is 4.70. The zero-order valence-electron chi connectivity index (χ0n) is 22.9. The minimum Gasteiger partial charge on any atom is -0.302 e. The first kappa shape index (κ1) is 29.9. The van der Waals surface area contributed by atoms with Gasteiger partial charge < -0.3 is 9.80 Å². The molecule has 2 aliphatic heterocycles. The lowest BCUT2D eigenvalue weighted by Gasteiger charge is -2.22. The predicted octanol–water partition coefficient (Wildman–Crippen LogP) is 7.24. The van der Waals surface area contributed by atoms with Crippen molar-refractivity contribution in [3.63, 3.8) is 0 Å². The maximum absolute atomic E-state index is 4.52. The predicted molar refractivity (Wildman–Crippen MR) is 167 cm³/mol. The van der Waals surface area contributed by atoms with Crippen LogP contribution in [0.2, 0.25) is 0 Å². The molecule has 0 bridgehead atoms. The molecule has 2 aromatic rings. The molecule has 0 saturated heterocycles. The Morgan fingerprint density at radius 2 is 1.42 bits per heavy atom. The van der Waals surface area contributed by atoms with Gasteiger partial charge in [0.25, 0.3) is 0 Å². The van der Waals surface area contributed by atoms with Crippen molar-refractivity contribution in [3.05, 3.63) is 36.2 Å². The number of hydrogen-bond donors (Lipinski definition) is 0. The Balaban J connectivity index is 0.000000180. The summed E-state index contributed by atoms with van der Waals surface area (Å²) in [5, 5.41) is 2.29. The van der Waals surface area contributed by atoms with E-state index in [0.717, 1.165) is 78.6 Å². The van der Waals surface area contributed by atoms with Crippen molar-refractivity contribution in [2.75, 3.05) is 51.8 Å². The molecule has 0 atom stereocenters. The van der Waals surface area contributed by atoms with Gasteiger partial charge in [-0.05, 0) is 81.9 Å². The van der Waals surface area contributed by atoms with Crippen LogP contribution >= 0.6 is 47.0 Å². The van der Waals surface area contributed by atoms with Crippen LogP contribution in [-0.2, 0) is 0 Å². The van der Waals surface area contributed by atoms with Gasteiger partial charge in [0.15, 0.2) is 0 Å². The molecule has 38 heavy (non-hydrogen) atoms. The first-order chi connectivity index (χ1) is 18.6. The van der Waals surface area contributed by atoms with Crippen LogP contribution in [0, 0.1) is 5.92 Å². The first-order valence-electron chi connectivity index (χ1n) is 13.9. The Morgan fingerprint density at radius 1 is 0.842 bits per heavy atom. The van der Waals surface area contributed by atoms with Gasteiger partial charge >= 0.3 is 0 Å². The molecule has 3 aliphatic rings. The average molecular weight is 591 g/mol. The van der Waals surface area contributed by atoms with E-state index < -0.39 is 0 Å². The molecule has 0 N–H and O–H groups in total. The Kier molecular flexibility index (Phi) is 12.8. The van der Waals surface area contributed by atoms with Crippen LogP contribution in [-0.4, -0.2) is 79.1 Å². The molecule has 4 heterocycles. The lowest BCUT2D eigenvalue weighted by molar-refractivity contribution is 0.372. The lowest BCUT2D eigenvalue weighted by Crippen LogP contribution is -2.25. The second-order valence-electron chi connectivity index (χ2n) is 10.4. The van der Waals surface area contributed by atoms with Crippen LogP contribution in [0.1, 0.15) is 69.2 Å². The van der Waals surface area contributed by atoms with E-state index in [9.17, 15) is 0 Å². The lowest BCUT2D eigenvalue weighted by atomic mass is 10.1. The van der Waals surface area contributed by atoms with Gasteiger partial charge in [0.05, 0.1) is 23.5 Å². The van der Waals surface area contributed by atoms with E-state index in [0.29, 0.717) is 0 Å². The molecule has 0 spiro atoms. The van der Waals surface area contributed by atoms with Crippen molar-refractivity contribution in [3.8, 4) is 0 Å². The van der Waals surface area contributed by atoms with Gasteiger partial charge in [0.1, 0.15) is 21.4 Å². The quantitative estimate of drug-likeness (QED) is 0.137. The van der Waals surface area contributed by atoms with Crippen molar-refractivity contribution < 1.29 is 0 Å². The molecular formula is C28H42N6S4. The molecular weight excluding hydrogens is 549 g/mol. The fourth-order valence-corrected chi connectivity index (χ4v) is 8.07. The molecule has 2 aromatic heterocycles. The number of rotatable bonds is 13. The van der Waals surface area contributed by atoms with Crippen molar-refractivity contribution in [1.29, 1.82) is 0 Å². The highest BCUT2D eigenvalue weighted by molar-refractivity contribution is 7.99. The zero-order valence-corrected chi connectivity index (χ0v) is 26.2. The molecule has 208 valence electrons. The summed E-state index contributed by atoms with van der Waals surface area (Å²) in [6.07, 6.45) is 18.0. The van der Waals surface area contributed by atoms with E-state index in [1.54, 1.807) is 0 Å². The van der Waals surface area contributed by atoms with E-state index >= 15 is 0 Å². The van der Waals surface area contributed by atoms with Crippen LogP contribution in [0.4, 0.5) is 0 Å². The summed E-state index contributed by atoms with van der Waals surface area (Å²) >= 11 is 6.46. The molecule has 5 rings (SSSR count). The Labute approximate surface area is 246 Å². The molecule has 1 fully saturated rings. The zero-order chi connectivity index (χ0) is 26.6. The highest BCUT2D eigenvalue weighted by Gasteiger charge is 2.24. The van der Waals surface area contributed by atoms with Gasteiger partial charge in [-0.1, -0.05) is 31.1 Å². The van der Waals surface area contributed by atoms with Crippen molar-refractivity contribution in [2.45, 2.75) is 67.8 Å². The fourth-order valence-electron chi connectivity index (χ4n) is 4.47. The van der Waals surface area contributed by atoms with E-state index in [1.807, 2.05) is 29.6 Å².